The van der Waals surface area contributed by atoms with Gasteiger partial charge in [0, 0.05) is 72.1 Å². The molecule has 0 bridgehead atoms. The Hall–Kier alpha value is -5.09. The van der Waals surface area contributed by atoms with Crippen LogP contribution in [0.3, 0.4) is 0 Å². The molecule has 10 rings (SSSR count). The highest BCUT2D eigenvalue weighted by atomic mass is 19.1. The maximum absolute atomic E-state index is 16.0. The number of carbonyl (C=O) groups excluding carboxylic acids is 3. The molecule has 3 saturated heterocycles. The summed E-state index contributed by atoms with van der Waals surface area (Å²) in [6.07, 6.45) is 10.4. The first-order valence-electron chi connectivity index (χ1n) is 22.8. The molecule has 14 nitrogen and oxygen atoms in total. The first-order valence-corrected chi connectivity index (χ1v) is 22.8. The summed E-state index contributed by atoms with van der Waals surface area (Å²) in [7, 11) is 0. The van der Waals surface area contributed by atoms with Gasteiger partial charge >= 0.3 is 0 Å². The van der Waals surface area contributed by atoms with Crippen LogP contribution in [0, 0.1) is 17.6 Å². The van der Waals surface area contributed by atoms with Gasteiger partial charge in [0.25, 0.3) is 5.91 Å². The number of benzene rings is 2. The number of aliphatic imine (C=N–C) groups is 1. The number of piperazine rings is 1. The van der Waals surface area contributed by atoms with Gasteiger partial charge in [-0.3, -0.25) is 29.7 Å². The molecule has 62 heavy (non-hydrogen) atoms. The van der Waals surface area contributed by atoms with E-state index in [1.54, 1.807) is 4.90 Å². The van der Waals surface area contributed by atoms with Crippen LogP contribution in [0.4, 0.5) is 14.5 Å². The number of anilines is 1. The third-order valence-corrected chi connectivity index (χ3v) is 13.7. The lowest BCUT2D eigenvalue weighted by Crippen LogP contribution is -2.52. The number of fused-ring (bicyclic) bond motifs is 2. The van der Waals surface area contributed by atoms with Crippen molar-refractivity contribution in [1.82, 2.24) is 35.5 Å². The lowest BCUT2D eigenvalue weighted by molar-refractivity contribution is -0.136. The molecule has 2 aromatic carbocycles. The zero-order chi connectivity index (χ0) is 43.1. The standard InChI is InChI=1S/C44H53F2N9O5.C2H6.2H2/c1-44(12-13-44)60-29-6-7-34-31(20-29)40(51-50-34)35-22-37(48-25-47-35)53-18-16-52(17-19-53)23-26-2-4-27(5-3-26)59-28-10-14-54(15-11-28)41-33(45)21-30-32(39(41)46)24-55(43(30)58)36-8-9-38(56)49-42(36)57;1-2;;/h6-7,20-22,26-28,36,47H,2-5,8-19,23-25H2,1H3,(H,50,51)(H,49,56,57);1-2H3;2*1H. The number of carbonyl (C=O) groups is 3. The fourth-order valence-electron chi connectivity index (χ4n) is 9.97. The summed E-state index contributed by atoms with van der Waals surface area (Å²) in [5, 5.41) is 14.6. The van der Waals surface area contributed by atoms with Crippen molar-refractivity contribution in [1.29, 1.82) is 0 Å². The molecule has 1 atom stereocenters. The topological polar surface area (TPSA) is 148 Å². The highest BCUT2D eigenvalue weighted by Gasteiger charge is 2.43. The minimum Gasteiger partial charge on any atom is -0.488 e. The van der Waals surface area contributed by atoms with Crippen molar-refractivity contribution in [2.75, 3.05) is 57.4 Å². The number of aromatic nitrogens is 2. The van der Waals surface area contributed by atoms with Gasteiger partial charge in [0.1, 0.15) is 47.1 Å². The molecule has 3 N–H and O–H groups in total. The van der Waals surface area contributed by atoms with E-state index >= 15 is 8.78 Å². The average Bonchev–Trinajstić information content (AvgIpc) is 3.71. The molecule has 1 aromatic heterocycles. The third-order valence-electron chi connectivity index (χ3n) is 13.7. The van der Waals surface area contributed by atoms with Crippen LogP contribution in [0.5, 0.6) is 5.75 Å². The van der Waals surface area contributed by atoms with Gasteiger partial charge < -0.3 is 29.5 Å². The molecule has 336 valence electrons. The summed E-state index contributed by atoms with van der Waals surface area (Å²) < 4.78 is 44.2. The molecule has 16 heteroatoms. The number of amidine groups is 1. The number of nitrogens with one attached hydrogen (secondary N) is 3. The number of halogens is 2. The Balaban J connectivity index is 0.00000151. The minimum absolute atomic E-state index is 0. The van der Waals surface area contributed by atoms with Gasteiger partial charge in [0.05, 0.1) is 35.5 Å². The lowest BCUT2D eigenvalue weighted by atomic mass is 9.86. The van der Waals surface area contributed by atoms with Crippen molar-refractivity contribution >= 4 is 45.8 Å². The predicted octanol–water partition coefficient (Wildman–Crippen LogP) is 6.21. The van der Waals surface area contributed by atoms with E-state index in [2.05, 4.69) is 49.7 Å². The monoisotopic (exact) mass is 859 g/mol. The molecular formula is C46H63F2N9O5. The van der Waals surface area contributed by atoms with Crippen LogP contribution in [0.2, 0.25) is 0 Å². The molecule has 5 fully saturated rings. The van der Waals surface area contributed by atoms with Crippen molar-refractivity contribution in [3.63, 3.8) is 0 Å². The fourth-order valence-corrected chi connectivity index (χ4v) is 9.97. The van der Waals surface area contributed by atoms with E-state index in [1.807, 2.05) is 26.0 Å². The largest absolute Gasteiger partial charge is 0.488 e. The molecule has 6 heterocycles. The molecular weight excluding hydrogens is 797 g/mol. The molecule has 5 aliphatic heterocycles. The number of H-pyrrole nitrogens is 1. The van der Waals surface area contributed by atoms with E-state index in [9.17, 15) is 14.4 Å². The van der Waals surface area contributed by atoms with Gasteiger partial charge in [-0.05, 0) is 94.9 Å². The van der Waals surface area contributed by atoms with Crippen LogP contribution in [-0.2, 0) is 20.9 Å². The van der Waals surface area contributed by atoms with Crippen LogP contribution < -0.4 is 20.3 Å². The van der Waals surface area contributed by atoms with Gasteiger partial charge in [-0.2, -0.15) is 5.10 Å². The zero-order valence-electron chi connectivity index (χ0n) is 36.1. The number of amides is 3. The van der Waals surface area contributed by atoms with Crippen LogP contribution >= 0.6 is 0 Å². The molecule has 3 aromatic rings. The summed E-state index contributed by atoms with van der Waals surface area (Å²) in [5.74, 6) is -0.600. The molecule has 0 radical (unpaired) electrons. The second-order valence-corrected chi connectivity index (χ2v) is 17.9. The number of ether oxygens (including phenoxy) is 2. The van der Waals surface area contributed by atoms with Crippen LogP contribution in [0.15, 0.2) is 35.3 Å². The smallest absolute Gasteiger partial charge is 0.255 e. The minimum atomic E-state index is -0.887. The van der Waals surface area contributed by atoms with Gasteiger partial charge in [-0.15, -0.1) is 0 Å². The highest BCUT2D eigenvalue weighted by Crippen LogP contribution is 2.41. The van der Waals surface area contributed by atoms with E-state index in [0.717, 1.165) is 111 Å². The highest BCUT2D eigenvalue weighted by molar-refractivity contribution is 6.06. The van der Waals surface area contributed by atoms with Crippen LogP contribution in [0.1, 0.15) is 109 Å². The van der Waals surface area contributed by atoms with Crippen molar-refractivity contribution in [3.05, 3.63) is 58.8 Å². The van der Waals surface area contributed by atoms with E-state index in [-0.39, 0.29) is 56.9 Å². The number of nitrogens with zero attached hydrogens (tertiary/aromatic N) is 6. The van der Waals surface area contributed by atoms with Crippen LogP contribution in [0.25, 0.3) is 16.6 Å². The van der Waals surface area contributed by atoms with Crippen molar-refractivity contribution in [2.24, 2.45) is 10.9 Å². The van der Waals surface area contributed by atoms with Gasteiger partial charge in [-0.25, -0.2) is 13.8 Å². The number of hydrogen-bond acceptors (Lipinski definition) is 11. The summed E-state index contributed by atoms with van der Waals surface area (Å²) in [5.41, 5.74) is 2.71. The van der Waals surface area contributed by atoms with Crippen molar-refractivity contribution in [3.8, 4) is 5.75 Å². The molecule has 0 spiro atoms. The number of imide groups is 1. The van der Waals surface area contributed by atoms with Crippen molar-refractivity contribution < 1.29 is 35.5 Å². The van der Waals surface area contributed by atoms with Crippen molar-refractivity contribution in [2.45, 2.75) is 115 Å². The quantitative estimate of drug-likeness (QED) is 0.212. The maximum Gasteiger partial charge on any atom is 0.255 e. The maximum atomic E-state index is 16.0. The van der Waals surface area contributed by atoms with Gasteiger partial charge in [0.2, 0.25) is 11.8 Å². The third kappa shape index (κ3) is 8.64. The normalized spacial score (nSPS) is 25.4. The molecule has 7 aliphatic rings. The SMILES string of the molecule is CC.CC1(Oc2ccc3[nH]nc(C4=CC(N5CCN(CC6CCC(OC7CCN(c8c(F)cc9c(c8F)CN(C8CCC(=O)NC8=O)C9=O)CC7)CC6)CC5)=NCN4)c3c2)CC1.[HH].[HH]. The number of hydrogen-bond donors (Lipinski definition) is 3. The summed E-state index contributed by atoms with van der Waals surface area (Å²) >= 11 is 0. The van der Waals surface area contributed by atoms with Crippen LogP contribution in [-0.4, -0.2) is 125 Å². The molecule has 1 unspecified atom stereocenters. The Labute approximate surface area is 364 Å². The Kier molecular flexibility index (Phi) is 12.0. The Morgan fingerprint density at radius 2 is 1.65 bits per heavy atom. The van der Waals surface area contributed by atoms with E-state index in [4.69, 9.17) is 14.5 Å². The second kappa shape index (κ2) is 17.6. The molecule has 2 saturated carbocycles. The number of piperidine rings is 2. The first kappa shape index (κ1) is 42.2. The van der Waals surface area contributed by atoms with Gasteiger partial charge in [0.15, 0.2) is 5.82 Å². The van der Waals surface area contributed by atoms with E-state index in [0.29, 0.717) is 38.5 Å². The number of aromatic amines is 1. The van der Waals surface area contributed by atoms with E-state index in [1.165, 1.54) is 4.90 Å². The second-order valence-electron chi connectivity index (χ2n) is 17.9. The Morgan fingerprint density at radius 3 is 2.37 bits per heavy atom. The zero-order valence-corrected chi connectivity index (χ0v) is 36.1. The lowest BCUT2D eigenvalue weighted by Gasteiger charge is -2.40. The molecule has 3 amide bonds. The fraction of sp³-hybridized carbons (Fsp3) is 0.587. The summed E-state index contributed by atoms with van der Waals surface area (Å²) in [6, 6.07) is 6.35. The first-order chi connectivity index (χ1) is 30.1. The summed E-state index contributed by atoms with van der Waals surface area (Å²) in [4.78, 5) is 49.9. The predicted molar refractivity (Wildman–Crippen MR) is 236 cm³/mol. The Morgan fingerprint density at radius 1 is 0.903 bits per heavy atom. The average molecular weight is 860 g/mol. The van der Waals surface area contributed by atoms with Gasteiger partial charge in [-0.1, -0.05) is 13.8 Å². The molecule has 2 aliphatic carbocycles. The van der Waals surface area contributed by atoms with E-state index < -0.39 is 35.4 Å². The number of rotatable bonds is 9. The summed E-state index contributed by atoms with van der Waals surface area (Å²) in [6.45, 7) is 12.4. The Bertz CT molecular complexity index is 2260.